The number of hydrogen-bond donors (Lipinski definition) is 5. The molecule has 0 aromatic heterocycles. The standard InChI is InChI=1S/C30H38F3N3O8/c1-6-36(7-8-44-13(2)3)12-15-11-18(37)20-16(22(15)30(31,32)33)9-14-10-17-23(35(4)5)25(39)21(28(34)42)27(41)29(17,43)26(40)19(14)24(20)38/h11,13-14,17,23,37,39-40,43H,6-10,12H2,1-5H3,(H2,34,42)/t14-,17-,23-,29-/m0/s1. The number of aromatic hydroxyl groups is 1. The van der Waals surface area contributed by atoms with E-state index in [4.69, 9.17) is 10.5 Å². The second kappa shape index (κ2) is 11.8. The van der Waals surface area contributed by atoms with Gasteiger partial charge in [-0.1, -0.05) is 6.92 Å². The number of nitrogens with zero attached hydrogens (tertiary/aromatic N) is 2. The third kappa shape index (κ3) is 5.37. The van der Waals surface area contributed by atoms with Crippen LogP contribution in [-0.2, 0) is 33.5 Å². The van der Waals surface area contributed by atoms with Crippen molar-refractivity contribution < 1.29 is 52.7 Å². The van der Waals surface area contributed by atoms with E-state index in [0.717, 1.165) is 6.07 Å². The molecule has 0 heterocycles. The van der Waals surface area contributed by atoms with Crippen LogP contribution < -0.4 is 5.73 Å². The smallest absolute Gasteiger partial charge is 0.417 e. The Kier molecular flexibility index (Phi) is 8.97. The molecule has 4 atom stereocenters. The number of amides is 1. The highest BCUT2D eigenvalue weighted by atomic mass is 19.4. The van der Waals surface area contributed by atoms with Crippen LogP contribution in [0.5, 0.6) is 5.75 Å². The molecule has 0 saturated carbocycles. The van der Waals surface area contributed by atoms with Gasteiger partial charge in [-0.2, -0.15) is 13.2 Å². The van der Waals surface area contributed by atoms with Gasteiger partial charge in [0, 0.05) is 24.6 Å². The number of hydrogen-bond acceptors (Lipinski definition) is 10. The first kappa shape index (κ1) is 33.4. The second-order valence-corrected chi connectivity index (χ2v) is 12.0. The summed E-state index contributed by atoms with van der Waals surface area (Å²) in [6, 6.07) is -0.378. The number of carbonyl (C=O) groups excluding carboxylic acids is 3. The Labute approximate surface area is 252 Å². The van der Waals surface area contributed by atoms with Crippen LogP contribution >= 0.6 is 0 Å². The van der Waals surface area contributed by atoms with Gasteiger partial charge in [-0.25, -0.2) is 0 Å². The number of phenolic OH excluding ortho intramolecular Hbond substituents is 1. The minimum absolute atomic E-state index is 0.0728. The minimum atomic E-state index is -4.93. The summed E-state index contributed by atoms with van der Waals surface area (Å²) in [5.74, 6) is -9.11. The Hall–Kier alpha value is -3.46. The minimum Gasteiger partial charge on any atom is -0.510 e. The lowest BCUT2D eigenvalue weighted by Crippen LogP contribution is -2.63. The number of allylic oxidation sites excluding steroid dienone is 1. The van der Waals surface area contributed by atoms with Gasteiger partial charge in [-0.3, -0.25) is 24.2 Å². The summed E-state index contributed by atoms with van der Waals surface area (Å²) in [5, 5.41) is 44.8. The van der Waals surface area contributed by atoms with E-state index < -0.39 is 98.7 Å². The molecule has 0 spiro atoms. The SMILES string of the molecule is CCN(CCOC(C)C)Cc1cc(O)c2c(c1C(F)(F)F)C[C@H]1C[C@H]3[C@H](N(C)C)C(O)=C(C(N)=O)C(=O)[C@@]3(O)C(O)=C1C2=O. The number of carbonyl (C=O) groups is 3. The predicted octanol–water partition coefficient (Wildman–Crippen LogP) is 2.39. The first-order valence-corrected chi connectivity index (χ1v) is 14.3. The van der Waals surface area contributed by atoms with Crippen molar-refractivity contribution in [1.29, 1.82) is 0 Å². The zero-order chi connectivity index (χ0) is 33.0. The first-order valence-electron chi connectivity index (χ1n) is 14.3. The van der Waals surface area contributed by atoms with Gasteiger partial charge in [0.2, 0.25) is 5.78 Å². The number of fused-ring (bicyclic) bond motifs is 3. The Morgan fingerprint density at radius 2 is 1.84 bits per heavy atom. The second-order valence-electron chi connectivity index (χ2n) is 12.0. The van der Waals surface area contributed by atoms with Crippen molar-refractivity contribution in [1.82, 2.24) is 9.80 Å². The number of benzene rings is 1. The average molecular weight is 626 g/mol. The number of ether oxygens (including phenoxy) is 1. The summed E-state index contributed by atoms with van der Waals surface area (Å²) in [6.45, 7) is 6.21. The molecule has 242 valence electrons. The highest BCUT2D eigenvalue weighted by Crippen LogP contribution is 2.54. The summed E-state index contributed by atoms with van der Waals surface area (Å²) < 4.78 is 49.8. The van der Waals surface area contributed by atoms with E-state index in [0.29, 0.717) is 13.1 Å². The molecular weight excluding hydrogens is 587 g/mol. The van der Waals surface area contributed by atoms with Gasteiger partial charge in [0.15, 0.2) is 11.4 Å². The average Bonchev–Trinajstić information content (AvgIpc) is 2.88. The fourth-order valence-electron chi connectivity index (χ4n) is 6.88. The van der Waals surface area contributed by atoms with Gasteiger partial charge in [0.25, 0.3) is 5.91 Å². The number of Topliss-reactive ketones (excluding diaryl/α,β-unsaturated/α-hetero) is 2. The Balaban J connectivity index is 1.88. The van der Waals surface area contributed by atoms with E-state index in [-0.39, 0.29) is 31.2 Å². The number of ketones is 2. The van der Waals surface area contributed by atoms with Crippen molar-refractivity contribution in [3.05, 3.63) is 51.0 Å². The largest absolute Gasteiger partial charge is 0.510 e. The highest BCUT2D eigenvalue weighted by molar-refractivity contribution is 6.24. The quantitative estimate of drug-likeness (QED) is 0.257. The van der Waals surface area contributed by atoms with Crippen molar-refractivity contribution in [3.8, 4) is 5.75 Å². The van der Waals surface area contributed by atoms with E-state index in [1.807, 2.05) is 13.8 Å². The van der Waals surface area contributed by atoms with Crippen molar-refractivity contribution in [2.75, 3.05) is 33.8 Å². The van der Waals surface area contributed by atoms with Crippen LogP contribution in [0, 0.1) is 11.8 Å². The van der Waals surface area contributed by atoms with Crippen LogP contribution in [0.2, 0.25) is 0 Å². The molecule has 11 nitrogen and oxygen atoms in total. The lowest BCUT2D eigenvalue weighted by Gasteiger charge is -2.50. The zero-order valence-electron chi connectivity index (χ0n) is 25.2. The highest BCUT2D eigenvalue weighted by Gasteiger charge is 2.63. The van der Waals surface area contributed by atoms with Crippen LogP contribution in [0.4, 0.5) is 13.2 Å². The van der Waals surface area contributed by atoms with Crippen molar-refractivity contribution >= 4 is 17.5 Å². The topological polar surface area (TPSA) is 174 Å². The van der Waals surface area contributed by atoms with E-state index in [2.05, 4.69) is 0 Å². The maximum Gasteiger partial charge on any atom is 0.417 e. The Morgan fingerprint density at radius 3 is 2.36 bits per heavy atom. The molecule has 0 radical (unpaired) electrons. The summed E-state index contributed by atoms with van der Waals surface area (Å²) in [6.07, 6.45) is -5.78. The molecule has 3 aliphatic carbocycles. The maximum atomic E-state index is 14.8. The summed E-state index contributed by atoms with van der Waals surface area (Å²) in [7, 11) is 2.93. The van der Waals surface area contributed by atoms with E-state index >= 15 is 0 Å². The molecule has 6 N–H and O–H groups in total. The zero-order valence-corrected chi connectivity index (χ0v) is 25.2. The van der Waals surface area contributed by atoms with Crippen LogP contribution in [0.1, 0.15) is 54.2 Å². The number of nitrogens with two attached hydrogens (primary N) is 1. The molecule has 3 aliphatic rings. The number of alkyl halides is 3. The molecule has 0 fully saturated rings. The molecule has 0 unspecified atom stereocenters. The van der Waals surface area contributed by atoms with E-state index in [9.17, 15) is 48.0 Å². The van der Waals surface area contributed by atoms with Gasteiger partial charge < -0.3 is 30.9 Å². The number of aliphatic hydroxyl groups excluding tert-OH is 2. The molecular formula is C30H38F3N3O8. The predicted molar refractivity (Wildman–Crippen MR) is 151 cm³/mol. The van der Waals surface area contributed by atoms with Crippen LogP contribution in [0.3, 0.4) is 0 Å². The molecule has 14 heteroatoms. The summed E-state index contributed by atoms with van der Waals surface area (Å²) in [4.78, 5) is 42.4. The number of phenols is 1. The normalized spacial score (nSPS) is 25.6. The molecule has 0 aliphatic heterocycles. The monoisotopic (exact) mass is 625 g/mol. The number of halogens is 3. The molecule has 1 amide bonds. The third-order valence-corrected chi connectivity index (χ3v) is 8.79. The first-order chi connectivity index (χ1) is 20.4. The van der Waals surface area contributed by atoms with Crippen LogP contribution in [0.15, 0.2) is 28.7 Å². The lowest BCUT2D eigenvalue weighted by atomic mass is 9.58. The van der Waals surface area contributed by atoms with E-state index in [1.54, 1.807) is 11.8 Å². The number of likely N-dealkylation sites (N-methyl/N-ethyl adjacent to an activating group) is 2. The van der Waals surface area contributed by atoms with Crippen LogP contribution in [-0.4, -0.2) is 99.2 Å². The van der Waals surface area contributed by atoms with Crippen LogP contribution in [0.25, 0.3) is 0 Å². The Bertz CT molecular complexity index is 1450. The third-order valence-electron chi connectivity index (χ3n) is 8.79. The summed E-state index contributed by atoms with van der Waals surface area (Å²) >= 11 is 0. The number of aliphatic hydroxyl groups is 3. The van der Waals surface area contributed by atoms with Crippen molar-refractivity contribution in [2.45, 2.75) is 64.1 Å². The summed E-state index contributed by atoms with van der Waals surface area (Å²) in [5.41, 5.74) is -1.54. The molecule has 1 aromatic rings. The van der Waals surface area contributed by atoms with Gasteiger partial charge in [0.1, 0.15) is 22.8 Å². The molecule has 0 bridgehead atoms. The Morgan fingerprint density at radius 1 is 1.20 bits per heavy atom. The lowest BCUT2D eigenvalue weighted by molar-refractivity contribution is -0.148. The van der Waals surface area contributed by atoms with Gasteiger partial charge in [-0.05, 0) is 70.4 Å². The van der Waals surface area contributed by atoms with Gasteiger partial charge in [0.05, 0.1) is 29.9 Å². The fraction of sp³-hybridized carbons (Fsp3) is 0.567. The molecule has 0 saturated heterocycles. The number of primary amides is 1. The maximum absolute atomic E-state index is 14.8. The van der Waals surface area contributed by atoms with Crippen molar-refractivity contribution in [3.63, 3.8) is 0 Å². The fourth-order valence-corrected chi connectivity index (χ4v) is 6.88. The molecule has 44 heavy (non-hydrogen) atoms. The van der Waals surface area contributed by atoms with Gasteiger partial charge >= 0.3 is 6.18 Å². The number of rotatable bonds is 9. The van der Waals surface area contributed by atoms with E-state index in [1.165, 1.54) is 19.0 Å². The molecule has 4 rings (SSSR count). The van der Waals surface area contributed by atoms with Crippen molar-refractivity contribution in [2.24, 2.45) is 17.6 Å². The van der Waals surface area contributed by atoms with Gasteiger partial charge in [-0.15, -0.1) is 0 Å². The molecule has 1 aromatic carbocycles.